The van der Waals surface area contributed by atoms with Gasteiger partial charge in [0.25, 0.3) is 0 Å². The van der Waals surface area contributed by atoms with E-state index in [1.807, 2.05) is 122 Å². The highest BCUT2D eigenvalue weighted by molar-refractivity contribution is 5.88. The number of rotatable bonds is 4. The van der Waals surface area contributed by atoms with Gasteiger partial charge >= 0.3 is 0 Å². The zero-order valence-corrected chi connectivity index (χ0v) is 23.4. The quantitative estimate of drug-likeness (QED) is 0.184. The fraction of sp³-hybridized carbons (Fsp3) is 0. The summed E-state index contributed by atoms with van der Waals surface area (Å²) in [6.07, 6.45) is 3.83. The van der Waals surface area contributed by atoms with Gasteiger partial charge in [-0.3, -0.25) is 0 Å². The first kappa shape index (κ1) is 26.5. The predicted octanol–water partition coefficient (Wildman–Crippen LogP) is 6.54. The van der Waals surface area contributed by atoms with Gasteiger partial charge in [0.15, 0.2) is 0 Å². The number of H-pyrrole nitrogens is 2. The second-order valence-corrected chi connectivity index (χ2v) is 10.0. The van der Waals surface area contributed by atoms with Crippen LogP contribution >= 0.6 is 0 Å². The molecule has 0 bridgehead atoms. The van der Waals surface area contributed by atoms with Crippen LogP contribution in [0.2, 0.25) is 0 Å². The van der Waals surface area contributed by atoms with E-state index in [0.29, 0.717) is 0 Å². The number of hydrogen-bond acceptors (Lipinski definition) is 8. The molecule has 0 atom stereocenters. The Hall–Kier alpha value is -6.42. The van der Waals surface area contributed by atoms with E-state index in [0.717, 1.165) is 66.8 Å². The van der Waals surface area contributed by atoms with Crippen molar-refractivity contribution in [1.29, 1.82) is 0 Å². The Kier molecular flexibility index (Phi) is 6.89. The predicted molar refractivity (Wildman–Crippen MR) is 174 cm³/mol. The molecule has 44 heavy (non-hydrogen) atoms. The fourth-order valence-electron chi connectivity index (χ4n) is 5.05. The van der Waals surface area contributed by atoms with E-state index in [2.05, 4.69) is 40.3 Å². The number of fused-ring (bicyclic) bond motifs is 2. The van der Waals surface area contributed by atoms with Crippen LogP contribution in [0.15, 0.2) is 122 Å². The highest BCUT2D eigenvalue weighted by Gasteiger charge is 2.14. The molecule has 0 amide bonds. The summed E-state index contributed by atoms with van der Waals surface area (Å²) in [5, 5.41) is 18.7. The van der Waals surface area contributed by atoms with Crippen molar-refractivity contribution in [2.45, 2.75) is 0 Å². The highest BCUT2D eigenvalue weighted by Crippen LogP contribution is 2.31. The summed E-state index contributed by atoms with van der Waals surface area (Å²) in [5.41, 5.74) is 20.3. The van der Waals surface area contributed by atoms with Gasteiger partial charge in [-0.2, -0.15) is 0 Å². The zero-order chi connectivity index (χ0) is 29.9. The van der Waals surface area contributed by atoms with Crippen LogP contribution in [0.25, 0.3) is 66.8 Å². The second kappa shape index (κ2) is 11.5. The lowest BCUT2D eigenvalue weighted by atomic mass is 10.0. The molecule has 212 valence electrons. The summed E-state index contributed by atoms with van der Waals surface area (Å²) in [6.45, 7) is 0. The Morgan fingerprint density at radius 2 is 0.841 bits per heavy atom. The Morgan fingerprint density at radius 1 is 0.409 bits per heavy atom. The summed E-state index contributed by atoms with van der Waals surface area (Å²) in [4.78, 5) is 15.2. The molecule has 0 radical (unpaired) electrons. The topological polar surface area (TPSA) is 161 Å². The molecule has 8 aromatic rings. The molecule has 4 aromatic carbocycles. The molecule has 0 aliphatic rings. The third-order valence-corrected chi connectivity index (χ3v) is 7.16. The van der Waals surface area contributed by atoms with Gasteiger partial charge in [-0.1, -0.05) is 84.9 Å². The molecule has 10 heteroatoms. The van der Waals surface area contributed by atoms with Crippen LogP contribution < -0.4 is 11.5 Å². The molecule has 0 saturated heterocycles. The number of nitrogens with one attached hydrogen (secondary N) is 2. The lowest BCUT2D eigenvalue weighted by Gasteiger charge is -2.08. The molecule has 0 fully saturated rings. The van der Waals surface area contributed by atoms with Gasteiger partial charge in [0, 0.05) is 45.7 Å². The lowest BCUT2D eigenvalue weighted by Crippen LogP contribution is -2.02. The average Bonchev–Trinajstić information content (AvgIpc) is 3.75. The summed E-state index contributed by atoms with van der Waals surface area (Å²) in [6, 6.07) is 36.0. The molecule has 0 saturated carbocycles. The Bertz CT molecular complexity index is 2050. The number of aromatic amines is 2. The Balaban J connectivity index is 0.000000142. The Labute approximate surface area is 251 Å². The smallest absolute Gasteiger partial charge is 0.240 e. The second-order valence-electron chi connectivity index (χ2n) is 10.0. The first-order chi connectivity index (χ1) is 21.6. The van der Waals surface area contributed by atoms with Gasteiger partial charge in [0.2, 0.25) is 11.9 Å². The van der Waals surface area contributed by atoms with Crippen molar-refractivity contribution in [3.8, 4) is 45.0 Å². The van der Waals surface area contributed by atoms with Crippen LogP contribution in [0, 0.1) is 0 Å². The van der Waals surface area contributed by atoms with E-state index < -0.39 is 0 Å². The molecular weight excluding hydrogens is 548 g/mol. The van der Waals surface area contributed by atoms with Gasteiger partial charge in [-0.05, 0) is 35.0 Å². The van der Waals surface area contributed by atoms with Crippen molar-refractivity contribution in [1.82, 2.24) is 40.3 Å². The normalized spacial score (nSPS) is 10.9. The maximum absolute atomic E-state index is 5.73. The van der Waals surface area contributed by atoms with Crippen LogP contribution in [-0.4, -0.2) is 40.3 Å². The van der Waals surface area contributed by atoms with Crippen LogP contribution in [0.1, 0.15) is 0 Å². The third kappa shape index (κ3) is 5.30. The van der Waals surface area contributed by atoms with E-state index in [1.54, 1.807) is 0 Å². The fourth-order valence-corrected chi connectivity index (χ4v) is 5.05. The molecular formula is C34H26N10. The number of nitrogens with two attached hydrogens (primary N) is 2. The molecule has 0 aliphatic heterocycles. The van der Waals surface area contributed by atoms with Gasteiger partial charge in [0.1, 0.15) is 22.8 Å². The molecule has 4 aromatic heterocycles. The first-order valence-corrected chi connectivity index (χ1v) is 13.9. The molecule has 0 unspecified atom stereocenters. The molecule has 6 N–H and O–H groups in total. The van der Waals surface area contributed by atoms with Crippen molar-refractivity contribution in [3.05, 3.63) is 122 Å². The van der Waals surface area contributed by atoms with Gasteiger partial charge in [-0.15, -0.1) is 20.4 Å². The maximum atomic E-state index is 5.73. The molecule has 10 nitrogen and oxygen atoms in total. The molecule has 0 aliphatic carbocycles. The SMILES string of the molecule is Nc1nnc(-c2ccc3cc[nH]c3c2)c(-c2ccccc2)n1.Nc1nnc(-c2ccc3cc[nH]c3c2)c(-c2ccccc2)n1. The van der Waals surface area contributed by atoms with Gasteiger partial charge < -0.3 is 21.4 Å². The summed E-state index contributed by atoms with van der Waals surface area (Å²) < 4.78 is 0. The van der Waals surface area contributed by atoms with E-state index in [4.69, 9.17) is 11.5 Å². The maximum Gasteiger partial charge on any atom is 0.240 e. The number of hydrogen-bond donors (Lipinski definition) is 4. The number of aromatic nitrogens is 8. The standard InChI is InChI=1S/2C17H13N5/c2*18-17-20-15(12-4-2-1-3-5-12)16(21-22-17)13-7-6-11-8-9-19-14(11)10-13/h2*1-10,19H,(H2,18,20,22). The van der Waals surface area contributed by atoms with Crippen LogP contribution in [0.4, 0.5) is 11.9 Å². The highest BCUT2D eigenvalue weighted by atomic mass is 15.2. The van der Waals surface area contributed by atoms with Crippen molar-refractivity contribution in [2.24, 2.45) is 0 Å². The third-order valence-electron chi connectivity index (χ3n) is 7.16. The summed E-state index contributed by atoms with van der Waals surface area (Å²) in [7, 11) is 0. The van der Waals surface area contributed by atoms with Crippen molar-refractivity contribution in [3.63, 3.8) is 0 Å². The van der Waals surface area contributed by atoms with E-state index in [-0.39, 0.29) is 11.9 Å². The zero-order valence-electron chi connectivity index (χ0n) is 23.4. The minimum absolute atomic E-state index is 0.170. The molecule has 4 heterocycles. The average molecular weight is 575 g/mol. The molecule has 0 spiro atoms. The number of anilines is 2. The Morgan fingerprint density at radius 3 is 1.27 bits per heavy atom. The van der Waals surface area contributed by atoms with E-state index in [9.17, 15) is 0 Å². The van der Waals surface area contributed by atoms with Gasteiger partial charge in [-0.25, -0.2) is 9.97 Å². The van der Waals surface area contributed by atoms with Crippen molar-refractivity contribution < 1.29 is 0 Å². The first-order valence-electron chi connectivity index (χ1n) is 13.9. The largest absolute Gasteiger partial charge is 0.366 e. The van der Waals surface area contributed by atoms with Crippen LogP contribution in [0.5, 0.6) is 0 Å². The van der Waals surface area contributed by atoms with E-state index in [1.165, 1.54) is 0 Å². The minimum atomic E-state index is 0.170. The van der Waals surface area contributed by atoms with Crippen molar-refractivity contribution in [2.75, 3.05) is 11.5 Å². The summed E-state index contributed by atoms with van der Waals surface area (Å²) in [5.74, 6) is 0.340. The number of benzene rings is 4. The number of nitrogens with zero attached hydrogens (tertiary/aromatic N) is 6. The monoisotopic (exact) mass is 574 g/mol. The lowest BCUT2D eigenvalue weighted by molar-refractivity contribution is 0.997. The van der Waals surface area contributed by atoms with Crippen LogP contribution in [0.3, 0.4) is 0 Å². The number of nitrogen functional groups attached to an aromatic ring is 2. The minimum Gasteiger partial charge on any atom is -0.366 e. The summed E-state index contributed by atoms with van der Waals surface area (Å²) >= 11 is 0. The van der Waals surface area contributed by atoms with Crippen LogP contribution in [-0.2, 0) is 0 Å². The van der Waals surface area contributed by atoms with E-state index >= 15 is 0 Å². The molecule has 8 rings (SSSR count). The van der Waals surface area contributed by atoms with Crippen molar-refractivity contribution >= 4 is 33.7 Å². The van der Waals surface area contributed by atoms with Gasteiger partial charge in [0.05, 0.1) is 0 Å².